The molecule has 1 aromatic rings. The predicted molar refractivity (Wildman–Crippen MR) is 46.4 cm³/mol. The Morgan fingerprint density at radius 1 is 1.67 bits per heavy atom. The lowest BCUT2D eigenvalue weighted by atomic mass is 9.82. The minimum absolute atomic E-state index is 0.139. The van der Waals surface area contributed by atoms with Gasteiger partial charge in [0.05, 0.1) is 6.10 Å². The van der Waals surface area contributed by atoms with E-state index in [2.05, 4.69) is 10.2 Å². The lowest BCUT2D eigenvalue weighted by Gasteiger charge is -2.30. The van der Waals surface area contributed by atoms with Crippen molar-refractivity contribution in [3.05, 3.63) is 10.6 Å². The number of nitrogens with zero attached hydrogens (tertiary/aromatic N) is 2. The topological polar surface area (TPSA) is 53.8 Å². The maximum Gasteiger partial charge on any atom is 0.194 e. The second kappa shape index (κ2) is 2.67. The molecular weight excluding hydrogens is 174 g/mol. The van der Waals surface area contributed by atoms with Crippen molar-refractivity contribution in [3.63, 3.8) is 0 Å². The Morgan fingerprint density at radius 3 is 2.75 bits per heavy atom. The van der Waals surface area contributed by atoms with Gasteiger partial charge in [-0.05, 0) is 25.1 Å². The van der Waals surface area contributed by atoms with Crippen LogP contribution in [0.2, 0.25) is 0 Å². The van der Waals surface area contributed by atoms with E-state index in [4.69, 9.17) is 17.3 Å². The quantitative estimate of drug-likeness (QED) is 0.634. The van der Waals surface area contributed by atoms with Crippen LogP contribution in [0.4, 0.5) is 0 Å². The molecule has 0 unspecified atom stereocenters. The van der Waals surface area contributed by atoms with Gasteiger partial charge >= 0.3 is 0 Å². The first-order valence-electron chi connectivity index (χ1n) is 3.98. The number of aromatic amines is 1. The van der Waals surface area contributed by atoms with Gasteiger partial charge in [0.15, 0.2) is 4.77 Å². The zero-order valence-electron chi connectivity index (χ0n) is 6.82. The van der Waals surface area contributed by atoms with E-state index < -0.39 is 0 Å². The zero-order chi connectivity index (χ0) is 8.72. The highest BCUT2D eigenvalue weighted by Gasteiger charge is 2.31. The number of aliphatic hydroxyl groups excluding tert-OH is 1. The molecule has 1 saturated carbocycles. The molecule has 2 N–H and O–H groups in total. The van der Waals surface area contributed by atoms with Gasteiger partial charge in [0, 0.05) is 13.0 Å². The fraction of sp³-hybridized carbons (Fsp3) is 0.714. The van der Waals surface area contributed by atoms with E-state index in [0.717, 1.165) is 18.7 Å². The van der Waals surface area contributed by atoms with E-state index >= 15 is 0 Å². The van der Waals surface area contributed by atoms with Crippen LogP contribution in [0.3, 0.4) is 0 Å². The van der Waals surface area contributed by atoms with Crippen LogP contribution >= 0.6 is 12.2 Å². The van der Waals surface area contributed by atoms with Crippen molar-refractivity contribution in [1.82, 2.24) is 14.8 Å². The van der Waals surface area contributed by atoms with Gasteiger partial charge in [0.1, 0.15) is 5.82 Å². The maximum absolute atomic E-state index is 9.10. The fourth-order valence-electron chi connectivity index (χ4n) is 1.52. The molecule has 1 fully saturated rings. The summed E-state index contributed by atoms with van der Waals surface area (Å²) in [5.74, 6) is 1.35. The first-order valence-corrected chi connectivity index (χ1v) is 4.38. The largest absolute Gasteiger partial charge is 0.393 e. The van der Waals surface area contributed by atoms with Crippen LogP contribution in [0.15, 0.2) is 0 Å². The van der Waals surface area contributed by atoms with Crippen LogP contribution in [0.5, 0.6) is 0 Å². The van der Waals surface area contributed by atoms with Crippen LogP contribution in [0.1, 0.15) is 24.6 Å². The van der Waals surface area contributed by atoms with Gasteiger partial charge < -0.3 is 9.67 Å². The number of aliphatic hydroxyl groups is 1. The molecule has 1 aliphatic rings. The number of nitrogens with one attached hydrogen (secondary N) is 1. The predicted octanol–water partition coefficient (Wildman–Crippen LogP) is 0.716. The lowest BCUT2D eigenvalue weighted by Crippen LogP contribution is -2.28. The van der Waals surface area contributed by atoms with Gasteiger partial charge in [-0.2, -0.15) is 5.10 Å². The monoisotopic (exact) mass is 185 g/mol. The molecule has 1 aromatic heterocycles. The van der Waals surface area contributed by atoms with E-state index in [0.29, 0.717) is 10.7 Å². The number of hydrogen-bond acceptors (Lipinski definition) is 3. The molecule has 0 bridgehead atoms. The summed E-state index contributed by atoms with van der Waals surface area (Å²) in [5.41, 5.74) is 0. The van der Waals surface area contributed by atoms with Crippen LogP contribution in [-0.4, -0.2) is 26.0 Å². The molecule has 1 heterocycles. The van der Waals surface area contributed by atoms with Gasteiger partial charge in [-0.3, -0.25) is 5.10 Å². The Morgan fingerprint density at radius 2 is 2.33 bits per heavy atom. The summed E-state index contributed by atoms with van der Waals surface area (Å²) in [5, 5.41) is 15.9. The minimum atomic E-state index is -0.139. The van der Waals surface area contributed by atoms with Gasteiger partial charge in [-0.1, -0.05) is 0 Å². The molecule has 0 spiro atoms. The average Bonchev–Trinajstić information content (AvgIpc) is 2.28. The standard InChI is InChI=1S/C7H11N3OS/c1-10-6(8-9-7(10)12)4-2-5(11)3-4/h4-5,11H,2-3H2,1H3,(H,9,12). The molecule has 0 saturated heterocycles. The third-order valence-electron chi connectivity index (χ3n) is 2.39. The van der Waals surface area contributed by atoms with Crippen molar-refractivity contribution in [2.75, 3.05) is 0 Å². The summed E-state index contributed by atoms with van der Waals surface area (Å²) in [6.45, 7) is 0. The number of aromatic nitrogens is 3. The van der Waals surface area contributed by atoms with E-state index in [1.54, 1.807) is 0 Å². The Bertz CT molecular complexity index is 337. The van der Waals surface area contributed by atoms with E-state index in [1.807, 2.05) is 11.6 Å². The fourth-order valence-corrected chi connectivity index (χ4v) is 1.66. The summed E-state index contributed by atoms with van der Waals surface area (Å²) in [7, 11) is 1.89. The van der Waals surface area contributed by atoms with E-state index in [-0.39, 0.29) is 6.10 Å². The van der Waals surface area contributed by atoms with Gasteiger partial charge in [-0.25, -0.2) is 0 Å². The molecule has 12 heavy (non-hydrogen) atoms. The summed E-state index contributed by atoms with van der Waals surface area (Å²) in [6.07, 6.45) is 1.49. The van der Waals surface area contributed by atoms with Crippen molar-refractivity contribution in [2.45, 2.75) is 24.9 Å². The molecule has 1 aliphatic carbocycles. The molecule has 2 rings (SSSR count). The smallest absolute Gasteiger partial charge is 0.194 e. The van der Waals surface area contributed by atoms with E-state index in [9.17, 15) is 0 Å². The highest BCUT2D eigenvalue weighted by molar-refractivity contribution is 7.71. The second-order valence-corrected chi connectivity index (χ2v) is 3.65. The maximum atomic E-state index is 9.10. The number of rotatable bonds is 1. The normalized spacial score (nSPS) is 28.5. The highest BCUT2D eigenvalue weighted by atomic mass is 32.1. The van der Waals surface area contributed by atoms with Crippen molar-refractivity contribution >= 4 is 12.2 Å². The first kappa shape index (κ1) is 7.94. The Hall–Kier alpha value is -0.680. The molecule has 0 atom stereocenters. The molecule has 0 amide bonds. The molecule has 0 aliphatic heterocycles. The number of hydrogen-bond donors (Lipinski definition) is 2. The van der Waals surface area contributed by atoms with Crippen LogP contribution in [-0.2, 0) is 7.05 Å². The molecule has 66 valence electrons. The molecule has 5 heteroatoms. The first-order chi connectivity index (χ1) is 5.68. The van der Waals surface area contributed by atoms with Crippen molar-refractivity contribution in [3.8, 4) is 0 Å². The van der Waals surface area contributed by atoms with Crippen molar-refractivity contribution in [2.24, 2.45) is 7.05 Å². The summed E-state index contributed by atoms with van der Waals surface area (Å²) in [4.78, 5) is 0. The summed E-state index contributed by atoms with van der Waals surface area (Å²) >= 11 is 4.98. The second-order valence-electron chi connectivity index (χ2n) is 3.27. The van der Waals surface area contributed by atoms with Crippen LogP contribution < -0.4 is 0 Å². The average molecular weight is 185 g/mol. The van der Waals surface area contributed by atoms with Crippen LogP contribution in [0.25, 0.3) is 0 Å². The molecular formula is C7H11N3OS. The summed E-state index contributed by atoms with van der Waals surface area (Å²) in [6, 6.07) is 0. The van der Waals surface area contributed by atoms with Crippen molar-refractivity contribution < 1.29 is 5.11 Å². The molecule has 0 radical (unpaired) electrons. The van der Waals surface area contributed by atoms with Gasteiger partial charge in [0.2, 0.25) is 0 Å². The van der Waals surface area contributed by atoms with Crippen molar-refractivity contribution in [1.29, 1.82) is 0 Å². The Labute approximate surface area is 75.2 Å². The van der Waals surface area contributed by atoms with E-state index in [1.165, 1.54) is 0 Å². The Balaban J connectivity index is 2.24. The Kier molecular flexibility index (Phi) is 1.77. The van der Waals surface area contributed by atoms with Gasteiger partial charge in [0.25, 0.3) is 0 Å². The third kappa shape index (κ3) is 1.09. The van der Waals surface area contributed by atoms with Crippen LogP contribution in [0, 0.1) is 4.77 Å². The molecule has 4 nitrogen and oxygen atoms in total. The SMILES string of the molecule is Cn1c(C2CC(O)C2)n[nH]c1=S. The minimum Gasteiger partial charge on any atom is -0.393 e. The lowest BCUT2D eigenvalue weighted by molar-refractivity contribution is 0.0706. The zero-order valence-corrected chi connectivity index (χ0v) is 7.64. The number of H-pyrrole nitrogens is 1. The summed E-state index contributed by atoms with van der Waals surface area (Å²) < 4.78 is 2.51. The highest BCUT2D eigenvalue weighted by Crippen LogP contribution is 2.35. The van der Waals surface area contributed by atoms with Gasteiger partial charge in [-0.15, -0.1) is 0 Å². The molecule has 0 aromatic carbocycles. The third-order valence-corrected chi connectivity index (χ3v) is 2.76.